The van der Waals surface area contributed by atoms with Crippen LogP contribution in [0.5, 0.6) is 11.5 Å². The summed E-state index contributed by atoms with van der Waals surface area (Å²) < 4.78 is 21.3. The number of aromatic hydroxyl groups is 2. The van der Waals surface area contributed by atoms with E-state index in [0.29, 0.717) is 0 Å². The van der Waals surface area contributed by atoms with Crippen LogP contribution in [0.1, 0.15) is 24.8 Å². The summed E-state index contributed by atoms with van der Waals surface area (Å²) in [5.74, 6) is -3.50. The monoisotopic (exact) mass is 279 g/mol. The highest BCUT2D eigenvalue weighted by atomic mass is 16.4. The molecular formula is C14H12O6. The third-order valence-corrected chi connectivity index (χ3v) is 2.09. The average Bonchev–Trinajstić information content (AvgIpc) is 2.49. The summed E-state index contributed by atoms with van der Waals surface area (Å²) in [5, 5.41) is 34.9. The number of carboxylic acids is 2. The molecule has 0 radical (unpaired) electrons. The van der Waals surface area contributed by atoms with Crippen molar-refractivity contribution in [2.75, 3.05) is 0 Å². The highest BCUT2D eigenvalue weighted by molar-refractivity contribution is 5.91. The van der Waals surface area contributed by atoms with Gasteiger partial charge in [0.1, 0.15) is 22.6 Å². The molecule has 0 spiro atoms. The molecular weight excluding hydrogens is 264 g/mol. The van der Waals surface area contributed by atoms with Crippen LogP contribution in [0.25, 0.3) is 0 Å². The fraction of sp³-hybridized carbons (Fsp3) is 0. The van der Waals surface area contributed by atoms with E-state index in [1.165, 1.54) is 12.1 Å². The molecule has 0 aromatic heterocycles. The molecule has 0 aliphatic rings. The lowest BCUT2D eigenvalue weighted by Crippen LogP contribution is -1.95. The standard InChI is InChI=1S/2C7H6O3/c2*8-6-4-2-1-3-5(6)7(9)10/h2*1-4,8H,(H,9,10)/i1D,2D,4D;. The fourth-order valence-electron chi connectivity index (χ4n) is 1.16. The molecule has 0 amide bonds. The zero-order chi connectivity index (χ0) is 17.7. The lowest BCUT2D eigenvalue weighted by molar-refractivity contribution is 0.0682. The van der Waals surface area contributed by atoms with Crippen LogP contribution in [-0.2, 0) is 0 Å². The lowest BCUT2D eigenvalue weighted by Gasteiger charge is -1.95. The Morgan fingerprint density at radius 2 is 1.40 bits per heavy atom. The minimum Gasteiger partial charge on any atom is -0.507 e. The summed E-state index contributed by atoms with van der Waals surface area (Å²) in [6.45, 7) is 0. The van der Waals surface area contributed by atoms with Crippen LogP contribution in [0.15, 0.2) is 48.5 Å². The molecule has 2 rings (SSSR count). The molecule has 0 heterocycles. The molecule has 0 aliphatic carbocycles. The van der Waals surface area contributed by atoms with Gasteiger partial charge in [0.15, 0.2) is 0 Å². The Balaban J connectivity index is 0.000000238. The summed E-state index contributed by atoms with van der Waals surface area (Å²) in [7, 11) is 0. The Kier molecular flexibility index (Phi) is 3.69. The van der Waals surface area contributed by atoms with E-state index in [0.717, 1.165) is 6.07 Å². The number of hydrogen-bond donors (Lipinski definition) is 4. The summed E-state index contributed by atoms with van der Waals surface area (Å²) in [6.07, 6.45) is 0. The largest absolute Gasteiger partial charge is 0.507 e. The number of aromatic carboxylic acids is 2. The summed E-state index contributed by atoms with van der Waals surface area (Å²) in [5.41, 5.74) is -0.589. The van der Waals surface area contributed by atoms with Crippen LogP contribution in [-0.4, -0.2) is 32.4 Å². The van der Waals surface area contributed by atoms with Gasteiger partial charge in [-0.05, 0) is 24.2 Å². The van der Waals surface area contributed by atoms with E-state index in [2.05, 4.69) is 0 Å². The number of carboxylic acid groups (broad SMARTS) is 2. The Bertz CT molecular complexity index is 760. The van der Waals surface area contributed by atoms with Crippen LogP contribution < -0.4 is 0 Å². The van der Waals surface area contributed by atoms with Gasteiger partial charge in [0.2, 0.25) is 0 Å². The van der Waals surface area contributed by atoms with Crippen molar-refractivity contribution in [2.45, 2.75) is 0 Å². The second kappa shape index (κ2) is 6.79. The second-order valence-corrected chi connectivity index (χ2v) is 3.43. The van der Waals surface area contributed by atoms with E-state index < -0.39 is 35.3 Å². The van der Waals surface area contributed by atoms with Gasteiger partial charge in [0.25, 0.3) is 0 Å². The van der Waals surface area contributed by atoms with Crippen molar-refractivity contribution in [3.63, 3.8) is 0 Å². The Morgan fingerprint density at radius 3 is 1.90 bits per heavy atom. The van der Waals surface area contributed by atoms with Crippen LogP contribution in [0.2, 0.25) is 0 Å². The van der Waals surface area contributed by atoms with Gasteiger partial charge in [-0.25, -0.2) is 9.59 Å². The van der Waals surface area contributed by atoms with E-state index in [1.807, 2.05) is 0 Å². The second-order valence-electron chi connectivity index (χ2n) is 3.43. The fourth-order valence-corrected chi connectivity index (χ4v) is 1.16. The van der Waals surface area contributed by atoms with Crippen molar-refractivity contribution in [2.24, 2.45) is 0 Å². The molecule has 6 heteroatoms. The minimum absolute atomic E-state index is 0.0671. The zero-order valence-electron chi connectivity index (χ0n) is 13.0. The molecule has 0 aliphatic heterocycles. The normalized spacial score (nSPS) is 11.3. The van der Waals surface area contributed by atoms with E-state index in [1.54, 1.807) is 12.1 Å². The topological polar surface area (TPSA) is 115 Å². The van der Waals surface area contributed by atoms with Gasteiger partial charge in [-0.2, -0.15) is 0 Å². The van der Waals surface area contributed by atoms with Gasteiger partial charge in [0.05, 0.1) is 4.11 Å². The molecule has 4 N–H and O–H groups in total. The maximum absolute atomic E-state index is 10.4. The van der Waals surface area contributed by atoms with Gasteiger partial charge in [-0.3, -0.25) is 0 Å². The predicted molar refractivity (Wildman–Crippen MR) is 70.1 cm³/mol. The minimum atomic E-state index is -1.42. The van der Waals surface area contributed by atoms with E-state index in [9.17, 15) is 9.59 Å². The first kappa shape index (κ1) is 10.9. The van der Waals surface area contributed by atoms with Gasteiger partial charge >= 0.3 is 11.9 Å². The third-order valence-electron chi connectivity index (χ3n) is 2.09. The van der Waals surface area contributed by atoms with Crippen molar-refractivity contribution >= 4 is 11.9 Å². The van der Waals surface area contributed by atoms with Crippen molar-refractivity contribution in [3.05, 3.63) is 59.6 Å². The van der Waals surface area contributed by atoms with E-state index in [-0.39, 0.29) is 17.4 Å². The van der Waals surface area contributed by atoms with Gasteiger partial charge < -0.3 is 20.4 Å². The Morgan fingerprint density at radius 1 is 0.850 bits per heavy atom. The maximum Gasteiger partial charge on any atom is 0.339 e. The quantitative estimate of drug-likeness (QED) is 0.669. The molecule has 0 fully saturated rings. The molecule has 0 atom stereocenters. The Labute approximate surface area is 118 Å². The van der Waals surface area contributed by atoms with Crippen LogP contribution in [0, 0.1) is 0 Å². The molecule has 104 valence electrons. The van der Waals surface area contributed by atoms with Crippen LogP contribution >= 0.6 is 0 Å². The molecule has 0 unspecified atom stereocenters. The van der Waals surface area contributed by atoms with Crippen molar-refractivity contribution in [3.8, 4) is 11.5 Å². The van der Waals surface area contributed by atoms with Crippen molar-refractivity contribution < 1.29 is 34.1 Å². The number of carbonyl (C=O) groups is 2. The first-order chi connectivity index (χ1) is 10.7. The van der Waals surface area contributed by atoms with Crippen molar-refractivity contribution in [1.82, 2.24) is 0 Å². The van der Waals surface area contributed by atoms with E-state index >= 15 is 0 Å². The molecule has 0 bridgehead atoms. The summed E-state index contributed by atoms with van der Waals surface area (Å²) in [6, 6.07) is 5.15. The predicted octanol–water partition coefficient (Wildman–Crippen LogP) is 2.18. The molecule has 2 aromatic rings. The van der Waals surface area contributed by atoms with Crippen molar-refractivity contribution in [1.29, 1.82) is 0 Å². The Hall–Kier alpha value is -3.02. The third kappa shape index (κ3) is 4.02. The van der Waals surface area contributed by atoms with Gasteiger partial charge in [0, 0.05) is 0 Å². The molecule has 0 saturated heterocycles. The summed E-state index contributed by atoms with van der Waals surface area (Å²) >= 11 is 0. The number of hydrogen-bond acceptors (Lipinski definition) is 4. The highest BCUT2D eigenvalue weighted by Gasteiger charge is 2.06. The van der Waals surface area contributed by atoms with Crippen LogP contribution in [0.4, 0.5) is 0 Å². The average molecular weight is 279 g/mol. The lowest BCUT2D eigenvalue weighted by atomic mass is 10.2. The number of benzene rings is 2. The smallest absolute Gasteiger partial charge is 0.339 e. The highest BCUT2D eigenvalue weighted by Crippen LogP contribution is 2.15. The first-order valence-corrected chi connectivity index (χ1v) is 5.21. The molecule has 20 heavy (non-hydrogen) atoms. The number of phenols is 2. The van der Waals surface area contributed by atoms with Gasteiger partial charge in [-0.1, -0.05) is 24.2 Å². The maximum atomic E-state index is 10.4. The molecule has 6 nitrogen and oxygen atoms in total. The van der Waals surface area contributed by atoms with E-state index in [4.69, 9.17) is 24.5 Å². The molecule has 0 saturated carbocycles. The van der Waals surface area contributed by atoms with Gasteiger partial charge in [-0.15, -0.1) is 0 Å². The first-order valence-electron chi connectivity index (χ1n) is 6.71. The van der Waals surface area contributed by atoms with Crippen LogP contribution in [0.3, 0.4) is 0 Å². The molecule has 2 aromatic carbocycles. The SMILES string of the molecule is O=C(O)c1ccccc1O.[2H]c1cc(C(=O)O)c(O)c([2H])c1[2H]. The zero-order valence-corrected chi connectivity index (χ0v) is 9.99. The summed E-state index contributed by atoms with van der Waals surface area (Å²) in [4.78, 5) is 20.7. The number of para-hydroxylation sites is 2. The number of rotatable bonds is 2.